The van der Waals surface area contributed by atoms with E-state index in [4.69, 9.17) is 5.10 Å². The molecule has 4 rings (SSSR count). The topological polar surface area (TPSA) is 59.7 Å². The second-order valence-electron chi connectivity index (χ2n) is 5.73. The highest BCUT2D eigenvalue weighted by Crippen LogP contribution is 2.31. The van der Waals surface area contributed by atoms with E-state index in [9.17, 15) is 0 Å². The van der Waals surface area contributed by atoms with E-state index in [0.29, 0.717) is 5.92 Å². The third-order valence-corrected chi connectivity index (χ3v) is 4.31. The summed E-state index contributed by atoms with van der Waals surface area (Å²) in [7, 11) is 1.96. The van der Waals surface area contributed by atoms with Crippen LogP contribution in [-0.2, 0) is 7.05 Å². The van der Waals surface area contributed by atoms with Crippen molar-refractivity contribution in [3.05, 3.63) is 42.6 Å². The number of aryl methyl sites for hydroxylation is 1. The van der Waals surface area contributed by atoms with Crippen LogP contribution < -0.4 is 4.90 Å². The molecular weight excluding hydrogens is 276 g/mol. The van der Waals surface area contributed by atoms with E-state index >= 15 is 0 Å². The van der Waals surface area contributed by atoms with Gasteiger partial charge in [-0.2, -0.15) is 5.10 Å². The summed E-state index contributed by atoms with van der Waals surface area (Å²) in [4.78, 5) is 15.3. The zero-order valence-corrected chi connectivity index (χ0v) is 12.6. The van der Waals surface area contributed by atoms with Gasteiger partial charge in [0.25, 0.3) is 0 Å². The molecule has 0 radical (unpaired) electrons. The van der Waals surface area contributed by atoms with E-state index in [2.05, 4.69) is 25.9 Å². The highest BCUT2D eigenvalue weighted by atomic mass is 15.3. The molecule has 1 saturated heterocycles. The predicted octanol–water partition coefficient (Wildman–Crippen LogP) is 2.14. The largest absolute Gasteiger partial charge is 0.355 e. The normalized spacial score (nSPS) is 18.8. The SMILES string of the molecule is Cn1nc(C2CCCN(c3cnccn3)C2)c2cccnc21. The van der Waals surface area contributed by atoms with Crippen LogP contribution in [0.3, 0.4) is 0 Å². The minimum Gasteiger partial charge on any atom is -0.355 e. The smallest absolute Gasteiger partial charge is 0.157 e. The van der Waals surface area contributed by atoms with Crippen LogP contribution in [0.1, 0.15) is 24.5 Å². The molecule has 1 aliphatic heterocycles. The molecule has 22 heavy (non-hydrogen) atoms. The van der Waals surface area contributed by atoms with Gasteiger partial charge >= 0.3 is 0 Å². The first-order valence-electron chi connectivity index (χ1n) is 7.61. The van der Waals surface area contributed by atoms with Crippen molar-refractivity contribution in [2.45, 2.75) is 18.8 Å². The van der Waals surface area contributed by atoms with Crippen LogP contribution in [0.2, 0.25) is 0 Å². The summed E-state index contributed by atoms with van der Waals surface area (Å²) in [6, 6.07) is 4.10. The highest BCUT2D eigenvalue weighted by Gasteiger charge is 2.26. The van der Waals surface area contributed by atoms with Gasteiger partial charge in [0.1, 0.15) is 5.82 Å². The van der Waals surface area contributed by atoms with Crippen LogP contribution in [0.5, 0.6) is 0 Å². The van der Waals surface area contributed by atoms with Gasteiger partial charge < -0.3 is 4.90 Å². The summed E-state index contributed by atoms with van der Waals surface area (Å²) < 4.78 is 1.88. The average Bonchev–Trinajstić information content (AvgIpc) is 2.93. The average molecular weight is 294 g/mol. The molecule has 1 unspecified atom stereocenters. The Morgan fingerprint density at radius 3 is 3.00 bits per heavy atom. The molecule has 0 saturated carbocycles. The zero-order chi connectivity index (χ0) is 14.9. The van der Waals surface area contributed by atoms with Gasteiger partial charge in [-0.05, 0) is 25.0 Å². The van der Waals surface area contributed by atoms with Crippen LogP contribution >= 0.6 is 0 Å². The summed E-state index contributed by atoms with van der Waals surface area (Å²) in [5, 5.41) is 5.90. The number of pyridine rings is 1. The van der Waals surface area contributed by atoms with E-state index in [1.165, 1.54) is 0 Å². The molecule has 0 N–H and O–H groups in total. The fourth-order valence-electron chi connectivity index (χ4n) is 3.28. The van der Waals surface area contributed by atoms with E-state index < -0.39 is 0 Å². The maximum Gasteiger partial charge on any atom is 0.157 e. The van der Waals surface area contributed by atoms with E-state index in [1.807, 2.05) is 30.2 Å². The molecule has 6 nitrogen and oxygen atoms in total. The fraction of sp³-hybridized carbons (Fsp3) is 0.375. The Morgan fingerprint density at radius 2 is 2.14 bits per heavy atom. The first kappa shape index (κ1) is 13.2. The van der Waals surface area contributed by atoms with Gasteiger partial charge in [-0.15, -0.1) is 0 Å². The van der Waals surface area contributed by atoms with Crippen molar-refractivity contribution in [2.24, 2.45) is 7.05 Å². The van der Waals surface area contributed by atoms with Crippen LogP contribution in [0, 0.1) is 0 Å². The molecule has 3 aromatic heterocycles. The number of aromatic nitrogens is 5. The molecule has 0 aliphatic carbocycles. The van der Waals surface area contributed by atoms with Crippen molar-refractivity contribution in [1.29, 1.82) is 0 Å². The quantitative estimate of drug-likeness (QED) is 0.724. The molecule has 0 amide bonds. The van der Waals surface area contributed by atoms with Crippen molar-refractivity contribution in [3.63, 3.8) is 0 Å². The van der Waals surface area contributed by atoms with Crippen molar-refractivity contribution < 1.29 is 0 Å². The first-order chi connectivity index (χ1) is 10.8. The third kappa shape index (κ3) is 2.20. The number of hydrogen-bond acceptors (Lipinski definition) is 5. The number of anilines is 1. The Morgan fingerprint density at radius 1 is 1.18 bits per heavy atom. The van der Waals surface area contributed by atoms with Crippen molar-refractivity contribution in [1.82, 2.24) is 24.7 Å². The molecule has 0 bridgehead atoms. The lowest BCUT2D eigenvalue weighted by Crippen LogP contribution is -2.35. The summed E-state index contributed by atoms with van der Waals surface area (Å²) in [6.07, 6.45) is 9.40. The summed E-state index contributed by atoms with van der Waals surface area (Å²) in [5.74, 6) is 1.36. The van der Waals surface area contributed by atoms with Crippen LogP contribution in [-0.4, -0.2) is 37.8 Å². The van der Waals surface area contributed by atoms with Crippen molar-refractivity contribution >= 4 is 16.9 Å². The Labute approximate surface area is 128 Å². The Balaban J connectivity index is 1.67. The van der Waals surface area contributed by atoms with Crippen molar-refractivity contribution in [2.75, 3.05) is 18.0 Å². The first-order valence-corrected chi connectivity index (χ1v) is 7.61. The maximum absolute atomic E-state index is 4.73. The minimum atomic E-state index is 0.406. The number of hydrogen-bond donors (Lipinski definition) is 0. The summed E-state index contributed by atoms with van der Waals surface area (Å²) in [6.45, 7) is 1.96. The van der Waals surface area contributed by atoms with Crippen LogP contribution in [0.25, 0.3) is 11.0 Å². The van der Waals surface area contributed by atoms with Gasteiger partial charge in [0.15, 0.2) is 5.65 Å². The van der Waals surface area contributed by atoms with Gasteiger partial charge in [0.2, 0.25) is 0 Å². The number of rotatable bonds is 2. The molecule has 3 aromatic rings. The van der Waals surface area contributed by atoms with Gasteiger partial charge in [-0.3, -0.25) is 9.67 Å². The summed E-state index contributed by atoms with van der Waals surface area (Å²) in [5.41, 5.74) is 2.10. The molecule has 6 heteroatoms. The molecule has 1 aliphatic rings. The van der Waals surface area contributed by atoms with E-state index in [-0.39, 0.29) is 0 Å². The second kappa shape index (κ2) is 5.36. The molecule has 1 atom stereocenters. The Kier molecular flexibility index (Phi) is 3.21. The Bertz CT molecular complexity index is 782. The molecule has 0 spiro atoms. The van der Waals surface area contributed by atoms with E-state index in [0.717, 1.165) is 48.5 Å². The third-order valence-electron chi connectivity index (χ3n) is 4.31. The van der Waals surface area contributed by atoms with E-state index in [1.54, 1.807) is 12.4 Å². The van der Waals surface area contributed by atoms with Crippen LogP contribution in [0.15, 0.2) is 36.9 Å². The van der Waals surface area contributed by atoms with Gasteiger partial charge in [0.05, 0.1) is 11.9 Å². The maximum atomic E-state index is 4.73. The Hall–Kier alpha value is -2.50. The lowest BCUT2D eigenvalue weighted by molar-refractivity contribution is 0.495. The zero-order valence-electron chi connectivity index (χ0n) is 12.6. The number of piperidine rings is 1. The lowest BCUT2D eigenvalue weighted by Gasteiger charge is -2.32. The summed E-state index contributed by atoms with van der Waals surface area (Å²) >= 11 is 0. The highest BCUT2D eigenvalue weighted by molar-refractivity contribution is 5.78. The molecule has 4 heterocycles. The van der Waals surface area contributed by atoms with Crippen LogP contribution in [0.4, 0.5) is 5.82 Å². The van der Waals surface area contributed by atoms with Gasteiger partial charge in [0, 0.05) is 50.0 Å². The molecule has 1 fully saturated rings. The molecular formula is C16H18N6. The van der Waals surface area contributed by atoms with Gasteiger partial charge in [-0.1, -0.05) is 0 Å². The predicted molar refractivity (Wildman–Crippen MR) is 84.7 cm³/mol. The molecule has 112 valence electrons. The molecule has 0 aromatic carbocycles. The van der Waals surface area contributed by atoms with Gasteiger partial charge in [-0.25, -0.2) is 9.97 Å². The lowest BCUT2D eigenvalue weighted by atomic mass is 9.93. The van der Waals surface area contributed by atoms with Crippen molar-refractivity contribution in [3.8, 4) is 0 Å². The minimum absolute atomic E-state index is 0.406. The number of fused-ring (bicyclic) bond motifs is 1. The fourth-order valence-corrected chi connectivity index (χ4v) is 3.28. The standard InChI is InChI=1S/C16H18N6/c1-21-16-13(5-2-6-19-16)15(20-21)12-4-3-9-22(11-12)14-10-17-7-8-18-14/h2,5-8,10,12H,3-4,9,11H2,1H3. The monoisotopic (exact) mass is 294 g/mol. The second-order valence-corrected chi connectivity index (χ2v) is 5.73. The number of nitrogens with zero attached hydrogens (tertiary/aromatic N) is 6.